The first-order valence-corrected chi connectivity index (χ1v) is 14.9. The van der Waals surface area contributed by atoms with Crippen molar-refractivity contribution < 1.29 is 0 Å². The van der Waals surface area contributed by atoms with Crippen molar-refractivity contribution in [3.63, 3.8) is 0 Å². The van der Waals surface area contributed by atoms with Crippen molar-refractivity contribution in [1.82, 2.24) is 4.57 Å². The summed E-state index contributed by atoms with van der Waals surface area (Å²) in [4.78, 5) is 28.7. The van der Waals surface area contributed by atoms with Gasteiger partial charge in [0.2, 0.25) is 0 Å². The van der Waals surface area contributed by atoms with Crippen LogP contribution < -0.4 is 11.1 Å². The van der Waals surface area contributed by atoms with Gasteiger partial charge in [-0.2, -0.15) is 0 Å². The third kappa shape index (κ3) is 2.81. The first-order valence-electron chi connectivity index (χ1n) is 14.9. The maximum Gasteiger partial charge on any atom is 0.262 e. The number of aromatic nitrogens is 1. The molecule has 0 saturated carbocycles. The quantitative estimate of drug-likeness (QED) is 0.204. The minimum atomic E-state index is -0.166. The maximum absolute atomic E-state index is 14.4. The molecule has 1 heterocycles. The lowest BCUT2D eigenvalue weighted by atomic mass is 9.89. The van der Waals surface area contributed by atoms with Gasteiger partial charge in [-0.1, -0.05) is 98.3 Å². The van der Waals surface area contributed by atoms with Gasteiger partial charge in [0, 0.05) is 6.04 Å². The lowest BCUT2D eigenvalue weighted by molar-refractivity contribution is 0.483. The van der Waals surface area contributed by atoms with Crippen LogP contribution in [-0.4, -0.2) is 4.57 Å². The van der Waals surface area contributed by atoms with Gasteiger partial charge in [-0.15, -0.1) is 0 Å². The van der Waals surface area contributed by atoms with Crippen molar-refractivity contribution in [3.05, 3.63) is 118 Å². The van der Waals surface area contributed by atoms with E-state index in [1.54, 1.807) is 0 Å². The van der Waals surface area contributed by atoms with Crippen LogP contribution in [0.25, 0.3) is 86.9 Å². The van der Waals surface area contributed by atoms with Gasteiger partial charge in [-0.3, -0.25) is 14.2 Å². The molecular weight excluding hydrogens is 514 g/mol. The predicted molar refractivity (Wildman–Crippen MR) is 177 cm³/mol. The SMILES string of the molecule is CCCC(C)n1c(=O)c2c3cc(-c4ccccc4)c4ccc5ccc6c(-c7ccccc7)cc(c2c1=O)c1c6c5c4c31. The van der Waals surface area contributed by atoms with Gasteiger partial charge in [-0.25, -0.2) is 0 Å². The van der Waals surface area contributed by atoms with Gasteiger partial charge in [0.25, 0.3) is 11.1 Å². The second kappa shape index (κ2) is 8.27. The maximum atomic E-state index is 14.4. The van der Waals surface area contributed by atoms with Crippen molar-refractivity contribution in [1.29, 1.82) is 0 Å². The molecule has 0 aliphatic carbocycles. The Hall–Kier alpha value is -5.02. The molecule has 3 nitrogen and oxygen atoms in total. The number of hydrogen-bond donors (Lipinski definition) is 0. The molecule has 200 valence electrons. The van der Waals surface area contributed by atoms with Crippen LogP contribution in [0, 0.1) is 0 Å². The molecule has 1 unspecified atom stereocenters. The third-order valence-corrected chi connectivity index (χ3v) is 9.60. The molecule has 9 rings (SSSR count). The summed E-state index contributed by atoms with van der Waals surface area (Å²) >= 11 is 0. The number of hydrogen-bond acceptors (Lipinski definition) is 2. The molecule has 0 saturated heterocycles. The standard InChI is InChI=1S/C39H27NO2/c1-3-10-21(2)40-38(41)36-29-19-27(22-11-6-4-7-12-22)25-17-15-24-16-18-26-28(23-13-8-5-9-14-23)20-30(37(36)39(40)42)35-33(26)31(24)32(25)34(29)35/h4-9,11-21H,3,10H2,1-2H3. The monoisotopic (exact) mass is 541 g/mol. The fourth-order valence-corrected chi connectivity index (χ4v) is 7.86. The van der Waals surface area contributed by atoms with Crippen LogP contribution >= 0.6 is 0 Å². The summed E-state index contributed by atoms with van der Waals surface area (Å²) in [5, 5.41) is 12.3. The van der Waals surface area contributed by atoms with E-state index < -0.39 is 0 Å². The molecule has 1 atom stereocenters. The molecule has 9 aromatic rings. The summed E-state index contributed by atoms with van der Waals surface area (Å²) in [5.74, 6) is 0. The molecule has 42 heavy (non-hydrogen) atoms. The Morgan fingerprint density at radius 1 is 0.548 bits per heavy atom. The Kier molecular flexibility index (Phi) is 4.66. The molecule has 0 radical (unpaired) electrons. The lowest BCUT2D eigenvalue weighted by Gasteiger charge is -2.12. The molecule has 0 bridgehead atoms. The van der Waals surface area contributed by atoms with E-state index in [4.69, 9.17) is 0 Å². The first kappa shape index (κ1) is 23.7. The van der Waals surface area contributed by atoms with Gasteiger partial charge in [0.15, 0.2) is 0 Å². The number of fused-ring (bicyclic) bond motifs is 3. The number of nitrogens with zero attached hydrogens (tertiary/aromatic N) is 1. The molecule has 1 aromatic heterocycles. The molecule has 0 N–H and O–H groups in total. The Morgan fingerprint density at radius 2 is 1.00 bits per heavy atom. The Bertz CT molecular complexity index is 2390. The van der Waals surface area contributed by atoms with Gasteiger partial charge in [-0.05, 0) is 102 Å². The summed E-state index contributed by atoms with van der Waals surface area (Å²) in [6, 6.07) is 33.9. The second-order valence-electron chi connectivity index (χ2n) is 11.9. The Labute approximate surface area is 241 Å². The van der Waals surface area contributed by atoms with Crippen LogP contribution in [-0.2, 0) is 0 Å². The molecule has 0 fully saturated rings. The highest BCUT2D eigenvalue weighted by molar-refractivity contribution is 6.50. The summed E-state index contributed by atoms with van der Waals surface area (Å²) < 4.78 is 1.53. The van der Waals surface area contributed by atoms with Gasteiger partial charge in [0.05, 0.1) is 10.8 Å². The molecule has 8 aromatic carbocycles. The van der Waals surface area contributed by atoms with E-state index in [1.807, 2.05) is 19.1 Å². The van der Waals surface area contributed by atoms with Crippen LogP contribution in [0.5, 0.6) is 0 Å². The van der Waals surface area contributed by atoms with Crippen molar-refractivity contribution in [2.75, 3.05) is 0 Å². The van der Waals surface area contributed by atoms with Crippen LogP contribution in [0.2, 0.25) is 0 Å². The van der Waals surface area contributed by atoms with Gasteiger partial charge in [0.1, 0.15) is 0 Å². The molecule has 3 heteroatoms. The van der Waals surface area contributed by atoms with Crippen LogP contribution in [0.15, 0.2) is 107 Å². The van der Waals surface area contributed by atoms with Crippen molar-refractivity contribution in [2.24, 2.45) is 0 Å². The van der Waals surface area contributed by atoms with Crippen LogP contribution in [0.1, 0.15) is 32.7 Å². The normalized spacial score (nSPS) is 13.3. The molecule has 0 aliphatic rings. The second-order valence-corrected chi connectivity index (χ2v) is 11.9. The minimum Gasteiger partial charge on any atom is -0.271 e. The molecular formula is C39H27NO2. The van der Waals surface area contributed by atoms with E-state index in [0.29, 0.717) is 10.8 Å². The van der Waals surface area contributed by atoms with E-state index in [9.17, 15) is 9.59 Å². The summed E-state index contributed by atoms with van der Waals surface area (Å²) in [7, 11) is 0. The summed E-state index contributed by atoms with van der Waals surface area (Å²) in [6.45, 7) is 4.10. The zero-order valence-corrected chi connectivity index (χ0v) is 23.5. The molecule has 0 amide bonds. The summed E-state index contributed by atoms with van der Waals surface area (Å²) in [6.07, 6.45) is 1.69. The van der Waals surface area contributed by atoms with E-state index >= 15 is 0 Å². The zero-order valence-electron chi connectivity index (χ0n) is 23.5. The highest BCUT2D eigenvalue weighted by Crippen LogP contribution is 2.53. The van der Waals surface area contributed by atoms with Gasteiger partial charge < -0.3 is 0 Å². The first-order chi connectivity index (χ1) is 20.6. The molecule has 0 aliphatic heterocycles. The van der Waals surface area contributed by atoms with Gasteiger partial charge >= 0.3 is 0 Å². The summed E-state index contributed by atoms with van der Waals surface area (Å²) in [5.41, 5.74) is 4.06. The van der Waals surface area contributed by atoms with Crippen LogP contribution in [0.3, 0.4) is 0 Å². The van der Waals surface area contributed by atoms with E-state index in [-0.39, 0.29) is 17.2 Å². The van der Waals surface area contributed by atoms with Crippen molar-refractivity contribution in [3.8, 4) is 22.3 Å². The van der Waals surface area contributed by atoms with Crippen LogP contribution in [0.4, 0.5) is 0 Å². The van der Waals surface area contributed by atoms with Crippen molar-refractivity contribution >= 4 is 64.6 Å². The predicted octanol–water partition coefficient (Wildman–Crippen LogP) is 9.57. The van der Waals surface area contributed by atoms with E-state index in [2.05, 4.69) is 91.9 Å². The Balaban J connectivity index is 1.62. The average Bonchev–Trinajstić information content (AvgIpc) is 3.52. The highest BCUT2D eigenvalue weighted by atomic mass is 16.2. The fourth-order valence-electron chi connectivity index (χ4n) is 7.86. The topological polar surface area (TPSA) is 39.1 Å². The van der Waals surface area contributed by atoms with Crippen molar-refractivity contribution in [2.45, 2.75) is 32.7 Å². The highest BCUT2D eigenvalue weighted by Gasteiger charge is 2.29. The average molecular weight is 542 g/mol. The Morgan fingerprint density at radius 3 is 1.45 bits per heavy atom. The molecule has 0 spiro atoms. The zero-order chi connectivity index (χ0) is 28.3. The third-order valence-electron chi connectivity index (χ3n) is 9.60. The number of benzene rings is 7. The lowest BCUT2D eigenvalue weighted by Crippen LogP contribution is -2.28. The fraction of sp³-hybridized carbons (Fsp3) is 0.128. The van der Waals surface area contributed by atoms with E-state index in [1.165, 1.54) is 36.9 Å². The minimum absolute atomic E-state index is 0.166. The largest absolute Gasteiger partial charge is 0.271 e. The number of rotatable bonds is 5. The van der Waals surface area contributed by atoms with E-state index in [0.717, 1.165) is 56.6 Å². The smallest absolute Gasteiger partial charge is 0.262 e.